The molecule has 0 spiro atoms. The molecule has 0 bridgehead atoms. The number of thioether (sulfide) groups is 1. The minimum Gasteiger partial charge on any atom is -0.492 e. The van der Waals surface area contributed by atoms with E-state index in [0.29, 0.717) is 11.0 Å². The third kappa shape index (κ3) is 3.08. The van der Waals surface area contributed by atoms with E-state index in [4.69, 9.17) is 4.52 Å². The molecule has 0 fully saturated rings. The fraction of sp³-hybridized carbons (Fsp3) is 0.214. The number of aromatic nitrogens is 3. The van der Waals surface area contributed by atoms with E-state index in [9.17, 15) is 14.7 Å². The summed E-state index contributed by atoms with van der Waals surface area (Å²) in [6.45, 7) is 1.79. The highest BCUT2D eigenvalue weighted by atomic mass is 127. The molecule has 0 saturated heterocycles. The Kier molecular flexibility index (Phi) is 4.94. The van der Waals surface area contributed by atoms with Crippen molar-refractivity contribution >= 4 is 57.1 Å². The highest BCUT2D eigenvalue weighted by Gasteiger charge is 2.17. The summed E-state index contributed by atoms with van der Waals surface area (Å²) < 4.78 is 7.03. The Morgan fingerprint density at radius 3 is 2.80 bits per heavy atom. The summed E-state index contributed by atoms with van der Waals surface area (Å²) >= 11 is 3.14. The lowest BCUT2D eigenvalue weighted by Gasteiger charge is -2.06. The van der Waals surface area contributed by atoms with Crippen LogP contribution in [-0.4, -0.2) is 23.9 Å². The number of aromatic hydroxyl groups is 1. The van der Waals surface area contributed by atoms with E-state index in [1.54, 1.807) is 47.6 Å². The molecule has 3 aromatic rings. The first kappa shape index (κ1) is 17.7. The maximum Gasteiger partial charge on any atom is 0.342 e. The summed E-state index contributed by atoms with van der Waals surface area (Å²) in [5.74, 6) is -0.388. The van der Waals surface area contributed by atoms with Gasteiger partial charge in [0.25, 0.3) is 5.56 Å². The zero-order valence-corrected chi connectivity index (χ0v) is 16.1. The Balaban J connectivity index is 2.14. The van der Waals surface area contributed by atoms with Crippen molar-refractivity contribution < 1.29 is 9.63 Å². The largest absolute Gasteiger partial charge is 0.492 e. The number of azo groups is 1. The van der Waals surface area contributed by atoms with Gasteiger partial charge in [0.05, 0.1) is 28.3 Å². The van der Waals surface area contributed by atoms with Crippen LogP contribution < -0.4 is 11.2 Å². The van der Waals surface area contributed by atoms with E-state index in [-0.39, 0.29) is 18.1 Å². The lowest BCUT2D eigenvalue weighted by atomic mass is 10.2. The average Bonchev–Trinajstić information content (AvgIpc) is 3.02. The normalized spacial score (nSPS) is 11.6. The number of hydrogen-bond acceptors (Lipinski definition) is 8. The molecule has 0 aliphatic carbocycles. The monoisotopic (exact) mass is 473 g/mol. The van der Waals surface area contributed by atoms with Crippen LogP contribution in [0.3, 0.4) is 0 Å². The smallest absolute Gasteiger partial charge is 0.342 e. The Morgan fingerprint density at radius 2 is 2.12 bits per heavy atom. The second-order valence-corrected chi connectivity index (χ2v) is 6.70. The van der Waals surface area contributed by atoms with E-state index < -0.39 is 17.1 Å². The van der Waals surface area contributed by atoms with Gasteiger partial charge in [-0.2, -0.15) is 0 Å². The summed E-state index contributed by atoms with van der Waals surface area (Å²) in [7, 11) is 0. The van der Waals surface area contributed by atoms with Crippen LogP contribution in [0.25, 0.3) is 11.0 Å². The standard InChI is InChI=1S/C14H12IN5O4S/c1-3-19-12(21)10(13(22)20(15)14(19)23)16-17-11-8-6-7(25-2)4-5-9(8)24-18-11/h4-6,22H,3H2,1-2H3. The first-order valence-corrected chi connectivity index (χ1v) is 9.27. The Hall–Kier alpha value is -2.15. The van der Waals surface area contributed by atoms with Gasteiger partial charge in [0.1, 0.15) is 0 Å². The predicted octanol–water partition coefficient (Wildman–Crippen LogP) is 3.21. The quantitative estimate of drug-likeness (QED) is 0.354. The fourth-order valence-corrected chi connectivity index (χ4v) is 3.10. The number of rotatable bonds is 4. The van der Waals surface area contributed by atoms with Crippen molar-refractivity contribution in [2.24, 2.45) is 10.2 Å². The third-order valence-corrected chi connectivity index (χ3v) is 5.06. The van der Waals surface area contributed by atoms with Crippen LogP contribution in [0.2, 0.25) is 0 Å². The minimum absolute atomic E-state index is 0.146. The Morgan fingerprint density at radius 1 is 1.36 bits per heavy atom. The molecule has 2 aromatic heterocycles. The molecule has 11 heteroatoms. The molecule has 2 heterocycles. The van der Waals surface area contributed by atoms with Gasteiger partial charge in [-0.3, -0.25) is 9.36 Å². The maximum absolute atomic E-state index is 12.3. The molecular weight excluding hydrogens is 461 g/mol. The van der Waals surface area contributed by atoms with Crippen molar-refractivity contribution in [3.8, 4) is 5.88 Å². The van der Waals surface area contributed by atoms with Crippen LogP contribution in [0, 0.1) is 0 Å². The molecule has 1 aromatic carbocycles. The molecule has 130 valence electrons. The predicted molar refractivity (Wildman–Crippen MR) is 102 cm³/mol. The van der Waals surface area contributed by atoms with Crippen molar-refractivity contribution in [2.45, 2.75) is 18.4 Å². The third-order valence-electron chi connectivity index (χ3n) is 3.46. The fourth-order valence-electron chi connectivity index (χ4n) is 2.17. The molecule has 1 N–H and O–H groups in total. The average molecular weight is 473 g/mol. The van der Waals surface area contributed by atoms with Gasteiger partial charge in [0.15, 0.2) is 5.58 Å². The molecule has 0 saturated carbocycles. The van der Waals surface area contributed by atoms with E-state index in [2.05, 4.69) is 15.4 Å². The maximum atomic E-state index is 12.3. The van der Waals surface area contributed by atoms with E-state index in [1.165, 1.54) is 0 Å². The van der Waals surface area contributed by atoms with Crippen molar-refractivity contribution in [3.05, 3.63) is 39.0 Å². The van der Waals surface area contributed by atoms with Gasteiger partial charge in [0, 0.05) is 11.4 Å². The first-order chi connectivity index (χ1) is 12.0. The highest BCUT2D eigenvalue weighted by molar-refractivity contribution is 14.1. The van der Waals surface area contributed by atoms with Crippen LogP contribution in [0.15, 0.2) is 47.4 Å². The van der Waals surface area contributed by atoms with Gasteiger partial charge in [-0.25, -0.2) is 7.58 Å². The van der Waals surface area contributed by atoms with E-state index in [0.717, 1.165) is 12.2 Å². The molecule has 0 radical (unpaired) electrons. The van der Waals surface area contributed by atoms with E-state index >= 15 is 0 Å². The lowest BCUT2D eigenvalue weighted by Crippen LogP contribution is -2.36. The minimum atomic E-state index is -0.723. The second-order valence-electron chi connectivity index (χ2n) is 4.85. The summed E-state index contributed by atoms with van der Waals surface area (Å²) in [5, 5.41) is 22.2. The number of hydrogen-bond donors (Lipinski definition) is 1. The van der Waals surface area contributed by atoms with Gasteiger partial charge < -0.3 is 9.63 Å². The molecule has 0 amide bonds. The van der Waals surface area contributed by atoms with Crippen molar-refractivity contribution in [3.63, 3.8) is 0 Å². The Bertz CT molecular complexity index is 1100. The number of nitrogens with zero attached hydrogens (tertiary/aromatic N) is 5. The van der Waals surface area contributed by atoms with Gasteiger partial charge in [-0.05, 0) is 31.4 Å². The molecule has 0 unspecified atom stereocenters. The summed E-state index contributed by atoms with van der Waals surface area (Å²) in [6, 6.07) is 5.49. The van der Waals surface area contributed by atoms with Gasteiger partial charge in [0.2, 0.25) is 17.4 Å². The van der Waals surface area contributed by atoms with Gasteiger partial charge in [-0.15, -0.1) is 22.0 Å². The van der Waals surface area contributed by atoms with Crippen LogP contribution in [-0.2, 0) is 6.54 Å². The molecule has 0 aliphatic rings. The molecule has 9 nitrogen and oxygen atoms in total. The van der Waals surface area contributed by atoms with E-state index in [1.807, 2.05) is 18.4 Å². The summed E-state index contributed by atoms with van der Waals surface area (Å²) in [4.78, 5) is 25.2. The first-order valence-electron chi connectivity index (χ1n) is 7.08. The van der Waals surface area contributed by atoms with Crippen LogP contribution in [0.1, 0.15) is 6.92 Å². The number of halogens is 1. The van der Waals surface area contributed by atoms with Crippen LogP contribution >= 0.6 is 34.6 Å². The molecule has 25 heavy (non-hydrogen) atoms. The summed E-state index contributed by atoms with van der Waals surface area (Å²) in [5.41, 5.74) is -1.17. The Labute approximate surface area is 158 Å². The van der Waals surface area contributed by atoms with Gasteiger partial charge >= 0.3 is 5.69 Å². The highest BCUT2D eigenvalue weighted by Crippen LogP contribution is 2.31. The SMILES string of the molecule is CCn1c(=O)c(N=Nc2noc3ccc(SC)cc23)c(O)n(I)c1=O. The number of benzene rings is 1. The van der Waals surface area contributed by atoms with Crippen molar-refractivity contribution in [1.29, 1.82) is 0 Å². The zero-order chi connectivity index (χ0) is 18.1. The molecule has 3 rings (SSSR count). The van der Waals surface area contributed by atoms with Crippen molar-refractivity contribution in [2.75, 3.05) is 6.26 Å². The van der Waals surface area contributed by atoms with Crippen LogP contribution in [0.4, 0.5) is 11.5 Å². The number of fused-ring (bicyclic) bond motifs is 1. The second kappa shape index (κ2) is 7.00. The van der Waals surface area contributed by atoms with Crippen molar-refractivity contribution in [1.82, 2.24) is 12.5 Å². The van der Waals surface area contributed by atoms with Gasteiger partial charge in [-0.1, -0.05) is 5.16 Å². The molecule has 0 aliphatic heterocycles. The lowest BCUT2D eigenvalue weighted by molar-refractivity contribution is 0.440. The molecular formula is C14H12IN5O4S. The van der Waals surface area contributed by atoms with Crippen LogP contribution in [0.5, 0.6) is 5.88 Å². The molecule has 0 atom stereocenters. The zero-order valence-electron chi connectivity index (χ0n) is 13.1. The topological polar surface area (TPSA) is 115 Å². The summed E-state index contributed by atoms with van der Waals surface area (Å²) in [6.07, 6.45) is 1.94.